The van der Waals surface area contributed by atoms with E-state index >= 15 is 0 Å². The van der Waals surface area contributed by atoms with E-state index in [4.69, 9.17) is 28.4 Å². The van der Waals surface area contributed by atoms with Crippen molar-refractivity contribution in [2.75, 3.05) is 65.9 Å². The van der Waals surface area contributed by atoms with Gasteiger partial charge in [-0.25, -0.2) is 0 Å². The normalized spacial score (nSPS) is 13.4. The van der Waals surface area contributed by atoms with Gasteiger partial charge in [-0.3, -0.25) is 9.59 Å². The predicted molar refractivity (Wildman–Crippen MR) is 209 cm³/mol. The second-order valence-electron chi connectivity index (χ2n) is 11.5. The third-order valence-corrected chi connectivity index (χ3v) is 7.43. The van der Waals surface area contributed by atoms with Crippen molar-refractivity contribution in [1.82, 2.24) is 10.6 Å². The Balaban J connectivity index is 0.00000125. The molecule has 2 N–H and O–H groups in total. The van der Waals surface area contributed by atoms with Gasteiger partial charge in [-0.05, 0) is 130 Å². The Morgan fingerprint density at radius 1 is 0.509 bits per heavy atom. The SMILES string of the molecule is C=CCOCCOc1ccc(OCCNC(=O)c2cc([C]3[CH][CH][CH][CH]3)cc(C(=O)NCCOc3ccc(OCCOCC=C)cc3)c2)cc1.[CH]1[CH][CH][CH][CH]1.[Fe+2]. The standard InChI is InChI=1S/C39H43N2O8.C5H5.Fe/c1-3-19-44-23-25-48-36-13-9-34(10-14-36)46-21-17-40-38(42)32-27-31(30-7-5-6-8-30)28-33(29-32)39(43)41-18-22-47-35-11-15-37(16-12-35)49-26-24-45-20-4-2;1-2-4-5-3-1;/h3-16,27-29H,1-2,17-26H2,(H,40,42)(H,41,43);1-5H;/q;;+2. The van der Waals surface area contributed by atoms with Crippen molar-refractivity contribution in [3.8, 4) is 23.0 Å². The van der Waals surface area contributed by atoms with Crippen molar-refractivity contribution in [2.45, 2.75) is 0 Å². The molecule has 2 fully saturated rings. The first-order chi connectivity index (χ1) is 26.6. The zero-order chi connectivity index (χ0) is 38.1. The summed E-state index contributed by atoms with van der Waals surface area (Å²) in [5, 5.41) is 5.76. The maximum absolute atomic E-state index is 13.1. The number of rotatable bonds is 23. The summed E-state index contributed by atoms with van der Waals surface area (Å²) < 4.78 is 33.4. The van der Waals surface area contributed by atoms with Crippen LogP contribution in [0.3, 0.4) is 0 Å². The molecule has 0 atom stereocenters. The zero-order valence-electron chi connectivity index (χ0n) is 30.8. The summed E-state index contributed by atoms with van der Waals surface area (Å²) >= 11 is 0. The largest absolute Gasteiger partial charge is 2.00 e. The molecule has 0 heterocycles. The van der Waals surface area contributed by atoms with Crippen molar-refractivity contribution in [3.05, 3.63) is 172 Å². The quantitative estimate of drug-likeness (QED) is 0.0661. The summed E-state index contributed by atoms with van der Waals surface area (Å²) in [7, 11) is 0. The number of carbonyl (C=O) groups excluding carboxylic acids is 2. The number of ether oxygens (including phenoxy) is 6. The third kappa shape index (κ3) is 17.8. The molecule has 5 rings (SSSR count). The molecule has 3 aromatic rings. The number of hydrogen-bond acceptors (Lipinski definition) is 8. The van der Waals surface area contributed by atoms with E-state index in [1.807, 2.05) is 82.1 Å². The number of carbonyl (C=O) groups is 2. The maximum Gasteiger partial charge on any atom is 2.00 e. The molecule has 2 amide bonds. The Labute approximate surface area is 337 Å². The van der Waals surface area contributed by atoms with Crippen LogP contribution in [-0.4, -0.2) is 77.8 Å². The number of hydrogen-bond donors (Lipinski definition) is 2. The van der Waals surface area contributed by atoms with Crippen LogP contribution in [0.15, 0.2) is 92.0 Å². The van der Waals surface area contributed by atoms with Crippen LogP contribution in [0, 0.1) is 63.7 Å². The molecule has 0 aliphatic heterocycles. The fourth-order valence-electron chi connectivity index (χ4n) is 4.85. The number of benzene rings is 3. The van der Waals surface area contributed by atoms with Crippen molar-refractivity contribution >= 4 is 11.8 Å². The van der Waals surface area contributed by atoms with E-state index in [-0.39, 0.29) is 55.2 Å². The number of nitrogens with one attached hydrogen (secondary N) is 2. The molecule has 10 radical (unpaired) electrons. The van der Waals surface area contributed by atoms with Gasteiger partial charge in [0, 0.05) is 17.0 Å². The van der Waals surface area contributed by atoms with Crippen molar-refractivity contribution in [1.29, 1.82) is 0 Å². The average Bonchev–Trinajstić information content (AvgIpc) is 3.98. The fraction of sp³-hybridized carbons (Fsp3) is 0.227. The van der Waals surface area contributed by atoms with E-state index in [2.05, 4.69) is 23.8 Å². The smallest absolute Gasteiger partial charge is 0.492 e. The Morgan fingerprint density at radius 2 is 0.873 bits per heavy atom. The maximum atomic E-state index is 13.1. The molecule has 10 nitrogen and oxygen atoms in total. The van der Waals surface area contributed by atoms with E-state index in [9.17, 15) is 9.59 Å². The van der Waals surface area contributed by atoms with Gasteiger partial charge in [-0.1, -0.05) is 12.2 Å². The minimum absolute atomic E-state index is 0. The van der Waals surface area contributed by atoms with Crippen LogP contribution in [0.4, 0.5) is 0 Å². The van der Waals surface area contributed by atoms with Crippen LogP contribution >= 0.6 is 0 Å². The first-order valence-corrected chi connectivity index (χ1v) is 17.7. The van der Waals surface area contributed by atoms with E-state index in [0.717, 1.165) is 11.5 Å². The van der Waals surface area contributed by atoms with Gasteiger partial charge >= 0.3 is 17.1 Å². The van der Waals surface area contributed by atoms with Gasteiger partial charge in [0.15, 0.2) is 0 Å². The monoisotopic (exact) mass is 788 g/mol. The molecule has 11 heteroatoms. The molecule has 0 aromatic heterocycles. The van der Waals surface area contributed by atoms with Crippen LogP contribution < -0.4 is 29.6 Å². The molecule has 0 unspecified atom stereocenters. The Bertz CT molecular complexity index is 1430. The summed E-state index contributed by atoms with van der Waals surface area (Å²) in [6.07, 6.45) is 21.1. The molecule has 2 saturated carbocycles. The first-order valence-electron chi connectivity index (χ1n) is 17.7. The molecule has 0 saturated heterocycles. The summed E-state index contributed by atoms with van der Waals surface area (Å²) in [5.74, 6) is 3.00. The second-order valence-corrected chi connectivity index (χ2v) is 11.5. The third-order valence-electron chi connectivity index (χ3n) is 7.43. The van der Waals surface area contributed by atoms with E-state index in [1.54, 1.807) is 54.6 Å². The molecule has 2 aliphatic rings. The molecule has 2 aliphatic carbocycles. The molecule has 3 aromatic carbocycles. The molecule has 0 spiro atoms. The zero-order valence-corrected chi connectivity index (χ0v) is 31.9. The molecular formula is C44H48FeN2O8+2. The van der Waals surface area contributed by atoms with Crippen LogP contribution in [0.25, 0.3) is 0 Å². The van der Waals surface area contributed by atoms with Gasteiger partial charge in [0.25, 0.3) is 11.8 Å². The summed E-state index contributed by atoms with van der Waals surface area (Å²) in [6.45, 7) is 11.1. The van der Waals surface area contributed by atoms with E-state index in [0.29, 0.717) is 73.8 Å². The molecule has 0 bridgehead atoms. The van der Waals surface area contributed by atoms with Crippen molar-refractivity contribution in [2.24, 2.45) is 0 Å². The van der Waals surface area contributed by atoms with Crippen molar-refractivity contribution < 1.29 is 55.1 Å². The average molecular weight is 789 g/mol. The Morgan fingerprint density at radius 3 is 1.24 bits per heavy atom. The molecular weight excluding hydrogens is 740 g/mol. The van der Waals surface area contributed by atoms with Gasteiger partial charge < -0.3 is 39.1 Å². The van der Waals surface area contributed by atoms with Crippen LogP contribution in [-0.2, 0) is 26.5 Å². The second kappa shape index (κ2) is 27.3. The minimum Gasteiger partial charge on any atom is -0.492 e. The summed E-state index contributed by atoms with van der Waals surface area (Å²) in [5.41, 5.74) is 1.50. The summed E-state index contributed by atoms with van der Waals surface area (Å²) in [6, 6.07) is 19.6. The van der Waals surface area contributed by atoms with Crippen molar-refractivity contribution in [3.63, 3.8) is 0 Å². The topological polar surface area (TPSA) is 114 Å². The van der Waals surface area contributed by atoms with Crippen LogP contribution in [0.2, 0.25) is 0 Å². The molecule has 55 heavy (non-hydrogen) atoms. The van der Waals surface area contributed by atoms with Gasteiger partial charge in [0.1, 0.15) is 49.4 Å². The van der Waals surface area contributed by atoms with Gasteiger partial charge in [-0.15, -0.1) is 13.2 Å². The summed E-state index contributed by atoms with van der Waals surface area (Å²) in [4.78, 5) is 26.3. The van der Waals surface area contributed by atoms with Gasteiger partial charge in [0.05, 0.1) is 39.5 Å². The van der Waals surface area contributed by atoms with Crippen LogP contribution in [0.1, 0.15) is 26.3 Å². The number of amides is 2. The van der Waals surface area contributed by atoms with E-state index in [1.165, 1.54) is 0 Å². The first kappa shape index (κ1) is 45.1. The van der Waals surface area contributed by atoms with E-state index < -0.39 is 0 Å². The Hall–Kier alpha value is -4.28. The van der Waals surface area contributed by atoms with Gasteiger partial charge in [-0.2, -0.15) is 0 Å². The minimum atomic E-state index is -0.312. The fourth-order valence-corrected chi connectivity index (χ4v) is 4.85. The van der Waals surface area contributed by atoms with Crippen LogP contribution in [0.5, 0.6) is 23.0 Å². The predicted octanol–water partition coefficient (Wildman–Crippen LogP) is 6.24. The Kier molecular flexibility index (Phi) is 22.4. The molecule has 288 valence electrons. The van der Waals surface area contributed by atoms with Gasteiger partial charge in [0.2, 0.25) is 0 Å².